The van der Waals surface area contributed by atoms with Crippen molar-refractivity contribution >= 4 is 5.78 Å². The number of rotatable bonds is 0. The van der Waals surface area contributed by atoms with Crippen LogP contribution in [0.1, 0.15) is 12.8 Å². The van der Waals surface area contributed by atoms with Crippen molar-refractivity contribution in [1.29, 1.82) is 0 Å². The van der Waals surface area contributed by atoms with Gasteiger partial charge in [-0.2, -0.15) is 0 Å². The quantitative estimate of drug-likeness (QED) is 0.467. The minimum atomic E-state index is 0.323. The van der Waals surface area contributed by atoms with Crippen LogP contribution in [0.3, 0.4) is 0 Å². The third-order valence-corrected chi connectivity index (χ3v) is 2.13. The molecule has 2 aliphatic heterocycles. The second-order valence-corrected chi connectivity index (χ2v) is 2.95. The summed E-state index contributed by atoms with van der Waals surface area (Å²) in [4.78, 5) is 13.0. The molecule has 2 heteroatoms. The largest absolute Gasteiger partial charge is 0.298 e. The lowest BCUT2D eigenvalue weighted by Crippen LogP contribution is -2.28. The maximum atomic E-state index is 10.8. The molecule has 0 amide bonds. The fourth-order valence-electron chi connectivity index (χ4n) is 1.69. The van der Waals surface area contributed by atoms with Crippen LogP contribution < -0.4 is 0 Å². The highest BCUT2D eigenvalue weighted by Gasteiger charge is 2.30. The molecule has 2 nitrogen and oxygen atoms in total. The summed E-state index contributed by atoms with van der Waals surface area (Å²) in [5.41, 5.74) is 0. The summed E-state index contributed by atoms with van der Waals surface area (Å²) in [5.74, 6) is 1.01. The predicted octanol–water partition coefficient (Wildman–Crippen LogP) is 0.443. The molecule has 49 valence electrons. The van der Waals surface area contributed by atoms with Crippen LogP contribution in [0.15, 0.2) is 0 Å². The normalized spacial score (nSPS) is 41.6. The maximum absolute atomic E-state index is 10.8. The van der Waals surface area contributed by atoms with Crippen molar-refractivity contribution in [2.75, 3.05) is 13.1 Å². The Morgan fingerprint density at radius 2 is 2.56 bits per heavy atom. The van der Waals surface area contributed by atoms with Gasteiger partial charge in [-0.05, 0) is 18.9 Å². The monoisotopic (exact) mass is 124 g/mol. The van der Waals surface area contributed by atoms with Crippen LogP contribution in [0.2, 0.25) is 0 Å². The van der Waals surface area contributed by atoms with Crippen molar-refractivity contribution < 1.29 is 4.79 Å². The number of piperidine rings is 1. The van der Waals surface area contributed by atoms with Gasteiger partial charge in [-0.25, -0.2) is 0 Å². The van der Waals surface area contributed by atoms with Crippen molar-refractivity contribution in [2.24, 2.45) is 5.92 Å². The van der Waals surface area contributed by atoms with Gasteiger partial charge in [0.1, 0.15) is 0 Å². The first kappa shape index (κ1) is 5.42. The van der Waals surface area contributed by atoms with Gasteiger partial charge in [0, 0.05) is 13.0 Å². The fourth-order valence-corrected chi connectivity index (χ4v) is 1.69. The summed E-state index contributed by atoms with van der Waals surface area (Å²) in [6.07, 6.45) is 2.03. The first-order chi connectivity index (χ1) is 4.34. The van der Waals surface area contributed by atoms with Crippen molar-refractivity contribution in [1.82, 2.24) is 4.90 Å². The molecule has 0 N–H and O–H groups in total. The predicted molar refractivity (Wildman–Crippen MR) is 33.6 cm³/mol. The van der Waals surface area contributed by atoms with E-state index in [0.29, 0.717) is 11.7 Å². The molecule has 2 unspecified atom stereocenters. The van der Waals surface area contributed by atoms with Gasteiger partial charge in [-0.15, -0.1) is 0 Å². The molecular formula is C7H10NO. The van der Waals surface area contributed by atoms with E-state index in [2.05, 4.69) is 4.90 Å². The molecule has 2 atom stereocenters. The average molecular weight is 124 g/mol. The first-order valence-electron chi connectivity index (χ1n) is 3.46. The van der Waals surface area contributed by atoms with Crippen molar-refractivity contribution in [3.8, 4) is 0 Å². The Kier molecular flexibility index (Phi) is 1.09. The molecule has 0 aromatic heterocycles. The van der Waals surface area contributed by atoms with Gasteiger partial charge in [-0.3, -0.25) is 9.69 Å². The topological polar surface area (TPSA) is 20.3 Å². The number of hydrogen-bond acceptors (Lipinski definition) is 2. The number of Topliss-reactive ketones (excluding diaryl/α,β-unsaturated/α-hetero) is 1. The van der Waals surface area contributed by atoms with E-state index in [1.165, 1.54) is 6.42 Å². The Hall–Kier alpha value is -0.370. The molecule has 2 bridgehead atoms. The number of fused-ring (bicyclic) bond motifs is 2. The summed E-state index contributed by atoms with van der Waals surface area (Å²) in [6, 6.07) is 0. The van der Waals surface area contributed by atoms with Crippen molar-refractivity contribution in [2.45, 2.75) is 12.8 Å². The van der Waals surface area contributed by atoms with E-state index < -0.39 is 0 Å². The van der Waals surface area contributed by atoms with Crippen molar-refractivity contribution in [3.05, 3.63) is 6.54 Å². The van der Waals surface area contributed by atoms with Crippen LogP contribution in [0.4, 0.5) is 0 Å². The summed E-state index contributed by atoms with van der Waals surface area (Å²) in [7, 11) is 0. The van der Waals surface area contributed by atoms with Crippen LogP contribution in [0.5, 0.6) is 0 Å². The van der Waals surface area contributed by atoms with E-state index in [0.717, 1.165) is 19.5 Å². The first-order valence-corrected chi connectivity index (χ1v) is 3.46. The van der Waals surface area contributed by atoms with E-state index in [1.54, 1.807) is 6.54 Å². The molecule has 0 saturated carbocycles. The molecular weight excluding hydrogens is 114 g/mol. The van der Waals surface area contributed by atoms with Crippen LogP contribution >= 0.6 is 0 Å². The van der Waals surface area contributed by atoms with E-state index in [1.807, 2.05) is 0 Å². The molecule has 2 fully saturated rings. The Balaban J connectivity index is 2.11. The van der Waals surface area contributed by atoms with Crippen molar-refractivity contribution in [3.63, 3.8) is 0 Å². The third kappa shape index (κ3) is 0.874. The SMILES string of the molecule is O=C1[CH]N2CCC(C1)C2. The van der Waals surface area contributed by atoms with Gasteiger partial charge in [-0.1, -0.05) is 0 Å². The Morgan fingerprint density at radius 3 is 3.33 bits per heavy atom. The summed E-state index contributed by atoms with van der Waals surface area (Å²) >= 11 is 0. The Bertz CT molecular complexity index is 130. The number of carbonyl (C=O) groups is 1. The molecule has 2 aliphatic rings. The average Bonchev–Trinajstić information content (AvgIpc) is 2.11. The third-order valence-electron chi connectivity index (χ3n) is 2.13. The van der Waals surface area contributed by atoms with E-state index in [9.17, 15) is 4.79 Å². The molecule has 1 radical (unpaired) electrons. The molecule has 2 heterocycles. The van der Waals surface area contributed by atoms with Gasteiger partial charge in [0.2, 0.25) is 0 Å². The summed E-state index contributed by atoms with van der Waals surface area (Å²) in [6.45, 7) is 4.01. The van der Waals surface area contributed by atoms with Gasteiger partial charge in [0.15, 0.2) is 5.78 Å². The van der Waals surface area contributed by atoms with Crippen LogP contribution in [-0.2, 0) is 4.79 Å². The zero-order chi connectivity index (χ0) is 6.27. The second-order valence-electron chi connectivity index (χ2n) is 2.95. The smallest absolute Gasteiger partial charge is 0.152 e. The second kappa shape index (κ2) is 1.81. The number of nitrogens with zero attached hydrogens (tertiary/aromatic N) is 1. The van der Waals surface area contributed by atoms with E-state index >= 15 is 0 Å². The lowest BCUT2D eigenvalue weighted by molar-refractivity contribution is -0.119. The summed E-state index contributed by atoms with van der Waals surface area (Å²) in [5, 5.41) is 0. The lowest BCUT2D eigenvalue weighted by atomic mass is 10.0. The number of hydrogen-bond donors (Lipinski definition) is 0. The minimum Gasteiger partial charge on any atom is -0.298 e. The number of carbonyl (C=O) groups excluding carboxylic acids is 1. The highest BCUT2D eigenvalue weighted by molar-refractivity contribution is 5.87. The Labute approximate surface area is 54.8 Å². The van der Waals surface area contributed by atoms with Crippen LogP contribution in [-0.4, -0.2) is 23.8 Å². The van der Waals surface area contributed by atoms with E-state index in [-0.39, 0.29) is 0 Å². The molecule has 0 spiro atoms. The van der Waals surface area contributed by atoms with Gasteiger partial charge < -0.3 is 0 Å². The van der Waals surface area contributed by atoms with Gasteiger partial charge in [0.05, 0.1) is 6.54 Å². The van der Waals surface area contributed by atoms with Gasteiger partial charge >= 0.3 is 0 Å². The van der Waals surface area contributed by atoms with E-state index in [4.69, 9.17) is 0 Å². The Morgan fingerprint density at radius 1 is 1.67 bits per heavy atom. The molecule has 9 heavy (non-hydrogen) atoms. The standard InChI is InChI=1S/C7H10NO/c9-7-3-6-1-2-8(4-6)5-7/h5-6H,1-4H2. The molecule has 2 rings (SSSR count). The fraction of sp³-hybridized carbons (Fsp3) is 0.714. The number of ketones is 1. The van der Waals surface area contributed by atoms with Crippen LogP contribution in [0.25, 0.3) is 0 Å². The van der Waals surface area contributed by atoms with Crippen LogP contribution in [0, 0.1) is 12.5 Å². The minimum absolute atomic E-state index is 0.323. The molecule has 2 saturated heterocycles. The zero-order valence-electron chi connectivity index (χ0n) is 5.34. The zero-order valence-corrected chi connectivity index (χ0v) is 5.34. The molecule has 0 aromatic rings. The molecule has 0 aromatic carbocycles. The lowest BCUT2D eigenvalue weighted by Gasteiger charge is -2.19. The highest BCUT2D eigenvalue weighted by atomic mass is 16.1. The summed E-state index contributed by atoms with van der Waals surface area (Å²) < 4.78 is 0. The van der Waals surface area contributed by atoms with Gasteiger partial charge in [0.25, 0.3) is 0 Å². The molecule has 0 aliphatic carbocycles. The highest BCUT2D eigenvalue weighted by Crippen LogP contribution is 2.26. The maximum Gasteiger partial charge on any atom is 0.152 e.